The lowest BCUT2D eigenvalue weighted by atomic mass is 10.1. The van der Waals surface area contributed by atoms with Crippen molar-refractivity contribution in [2.24, 2.45) is 0 Å². The first-order valence-electron chi connectivity index (χ1n) is 6.35. The van der Waals surface area contributed by atoms with Gasteiger partial charge in [0.2, 0.25) is 0 Å². The van der Waals surface area contributed by atoms with Crippen LogP contribution in [0.4, 0.5) is 0 Å². The Morgan fingerprint density at radius 3 is 1.52 bits per heavy atom. The minimum absolute atomic E-state index is 0.163. The molecule has 0 heterocycles. The summed E-state index contributed by atoms with van der Waals surface area (Å²) in [4.78, 5) is 16.7. The molecule has 0 amide bonds. The summed E-state index contributed by atoms with van der Waals surface area (Å²) in [6.07, 6.45) is 6.48. The Kier molecular flexibility index (Phi) is 11.6. The maximum absolute atomic E-state index is 10.2. The molecule has 0 bridgehead atoms. The first kappa shape index (κ1) is 23.1. The van der Waals surface area contributed by atoms with E-state index in [2.05, 4.69) is 11.4 Å². The molecule has 0 fully saturated rings. The lowest BCUT2D eigenvalue weighted by molar-refractivity contribution is -0.512. The molecule has 0 rings (SSSR count). The van der Waals surface area contributed by atoms with Crippen LogP contribution in [0.3, 0.4) is 0 Å². The molecule has 0 aliphatic carbocycles. The SMILES string of the molecule is CCCCCCCCOP(=O)(O)O.OC(O)(O)C(O)(O)O. The van der Waals surface area contributed by atoms with E-state index in [0.717, 1.165) is 19.3 Å². The largest absolute Gasteiger partial charge is 0.469 e. The molecule has 0 saturated carbocycles. The van der Waals surface area contributed by atoms with E-state index in [9.17, 15) is 4.57 Å². The fraction of sp³-hybridized carbons (Fsp3) is 1.00. The second-order valence-corrected chi connectivity index (χ2v) is 5.60. The Hall–Kier alpha value is -0.130. The average molecular weight is 336 g/mol. The van der Waals surface area contributed by atoms with E-state index in [1.807, 2.05) is 0 Å². The van der Waals surface area contributed by atoms with Gasteiger partial charge in [-0.3, -0.25) is 4.52 Å². The smallest absolute Gasteiger partial charge is 0.337 e. The minimum atomic E-state index is -4.23. The fourth-order valence-corrected chi connectivity index (χ4v) is 1.43. The second-order valence-electron chi connectivity index (χ2n) is 4.36. The van der Waals surface area contributed by atoms with Gasteiger partial charge in [0.1, 0.15) is 0 Å². The number of aliphatic hydroxyl groups is 6. The van der Waals surface area contributed by atoms with Crippen molar-refractivity contribution in [1.29, 1.82) is 0 Å². The van der Waals surface area contributed by atoms with Gasteiger partial charge >= 0.3 is 19.8 Å². The second kappa shape index (κ2) is 10.6. The maximum atomic E-state index is 10.2. The third kappa shape index (κ3) is 17.8. The van der Waals surface area contributed by atoms with Crippen LogP contribution in [0.5, 0.6) is 0 Å². The Morgan fingerprint density at radius 2 is 1.19 bits per heavy atom. The van der Waals surface area contributed by atoms with Crippen LogP contribution in [0.2, 0.25) is 0 Å². The topological polar surface area (TPSA) is 188 Å². The number of unbranched alkanes of at least 4 members (excludes halogenated alkanes) is 5. The highest BCUT2D eigenvalue weighted by molar-refractivity contribution is 7.46. The molecule has 0 atom stereocenters. The summed E-state index contributed by atoms with van der Waals surface area (Å²) < 4.78 is 14.5. The molecule has 0 aliphatic heterocycles. The molecule has 0 aliphatic rings. The number of phosphoric acid groups is 1. The molecule has 0 aromatic rings. The van der Waals surface area contributed by atoms with E-state index in [-0.39, 0.29) is 6.61 Å². The van der Waals surface area contributed by atoms with E-state index >= 15 is 0 Å². The Bertz CT molecular complexity index is 277. The number of hydrogen-bond donors (Lipinski definition) is 8. The lowest BCUT2D eigenvalue weighted by Crippen LogP contribution is -2.54. The van der Waals surface area contributed by atoms with Crippen molar-refractivity contribution < 1.29 is 49.5 Å². The van der Waals surface area contributed by atoms with Crippen LogP contribution in [0, 0.1) is 0 Å². The predicted octanol–water partition coefficient (Wildman–Crippen LogP) is -1.30. The molecule has 0 aromatic heterocycles. The zero-order chi connectivity index (χ0) is 17.2. The fourth-order valence-electron chi connectivity index (χ4n) is 1.07. The summed E-state index contributed by atoms with van der Waals surface area (Å²) in [5.41, 5.74) is 0. The van der Waals surface area contributed by atoms with Gasteiger partial charge in [-0.05, 0) is 6.42 Å². The highest BCUT2D eigenvalue weighted by Gasteiger charge is 2.44. The van der Waals surface area contributed by atoms with Gasteiger partial charge in [0.25, 0.3) is 0 Å². The summed E-state index contributed by atoms with van der Waals surface area (Å²) in [5, 5.41) is 46.3. The summed E-state index contributed by atoms with van der Waals surface area (Å²) in [6.45, 7) is 2.31. The van der Waals surface area contributed by atoms with Crippen LogP contribution in [-0.2, 0) is 9.09 Å². The quantitative estimate of drug-likeness (QED) is 0.143. The average Bonchev–Trinajstić information content (AvgIpc) is 2.24. The molecule has 0 aromatic carbocycles. The first-order chi connectivity index (χ1) is 9.31. The first-order valence-corrected chi connectivity index (χ1v) is 7.88. The summed E-state index contributed by atoms with van der Waals surface area (Å²) in [6, 6.07) is 0. The number of phosphoric ester groups is 1. The molecule has 11 heteroatoms. The molecule has 0 radical (unpaired) electrons. The molecule has 0 spiro atoms. The van der Waals surface area contributed by atoms with E-state index in [1.165, 1.54) is 19.3 Å². The zero-order valence-electron chi connectivity index (χ0n) is 11.8. The predicted molar refractivity (Wildman–Crippen MR) is 70.1 cm³/mol. The Morgan fingerprint density at radius 1 is 0.810 bits per heavy atom. The van der Waals surface area contributed by atoms with Gasteiger partial charge in [-0.15, -0.1) is 0 Å². The van der Waals surface area contributed by atoms with Crippen LogP contribution in [0.25, 0.3) is 0 Å². The van der Waals surface area contributed by atoms with Gasteiger partial charge in [0.05, 0.1) is 6.61 Å². The zero-order valence-corrected chi connectivity index (χ0v) is 12.7. The summed E-state index contributed by atoms with van der Waals surface area (Å²) in [7, 11) is -4.23. The number of hydrogen-bond acceptors (Lipinski definition) is 8. The Balaban J connectivity index is 0. The molecule has 0 unspecified atom stereocenters. The van der Waals surface area contributed by atoms with Gasteiger partial charge in [-0.2, -0.15) is 0 Å². The monoisotopic (exact) mass is 336 g/mol. The van der Waals surface area contributed by atoms with Crippen molar-refractivity contribution >= 4 is 7.82 Å². The van der Waals surface area contributed by atoms with Crippen molar-refractivity contribution in [1.82, 2.24) is 0 Å². The van der Waals surface area contributed by atoms with Crippen molar-refractivity contribution in [2.45, 2.75) is 57.4 Å². The van der Waals surface area contributed by atoms with Crippen molar-refractivity contribution in [2.75, 3.05) is 6.61 Å². The summed E-state index contributed by atoms with van der Waals surface area (Å²) in [5.74, 6) is -7.79. The summed E-state index contributed by atoms with van der Waals surface area (Å²) >= 11 is 0. The third-order valence-electron chi connectivity index (χ3n) is 2.21. The highest BCUT2D eigenvalue weighted by atomic mass is 31.2. The van der Waals surface area contributed by atoms with Crippen LogP contribution in [0.15, 0.2) is 0 Å². The van der Waals surface area contributed by atoms with Crippen LogP contribution < -0.4 is 0 Å². The standard InChI is InChI=1S/C8H19O4P.C2H6O6/c1-2-3-4-5-6-7-8-12-13(9,10)11;3-1(4,5)2(6,7)8/h2-8H2,1H3,(H2,9,10,11);3-8H. The molecular weight excluding hydrogens is 311 g/mol. The number of rotatable bonds is 9. The van der Waals surface area contributed by atoms with Crippen molar-refractivity contribution in [3.63, 3.8) is 0 Å². The van der Waals surface area contributed by atoms with E-state index in [1.54, 1.807) is 0 Å². The highest BCUT2D eigenvalue weighted by Crippen LogP contribution is 2.35. The van der Waals surface area contributed by atoms with Crippen LogP contribution >= 0.6 is 7.82 Å². The van der Waals surface area contributed by atoms with Crippen molar-refractivity contribution in [3.05, 3.63) is 0 Å². The molecule has 10 nitrogen and oxygen atoms in total. The van der Waals surface area contributed by atoms with Gasteiger partial charge in [-0.1, -0.05) is 39.0 Å². The van der Waals surface area contributed by atoms with E-state index < -0.39 is 19.8 Å². The van der Waals surface area contributed by atoms with Crippen LogP contribution in [0.1, 0.15) is 45.4 Å². The molecule has 8 N–H and O–H groups in total. The van der Waals surface area contributed by atoms with Crippen molar-refractivity contribution in [3.8, 4) is 0 Å². The van der Waals surface area contributed by atoms with E-state index in [0.29, 0.717) is 0 Å². The van der Waals surface area contributed by atoms with Gasteiger partial charge in [0.15, 0.2) is 0 Å². The third-order valence-corrected chi connectivity index (χ3v) is 2.73. The molecule has 0 saturated heterocycles. The molecular formula is C10H25O10P. The van der Waals surface area contributed by atoms with Gasteiger partial charge in [0, 0.05) is 0 Å². The minimum Gasteiger partial charge on any atom is -0.337 e. The molecule has 130 valence electrons. The van der Waals surface area contributed by atoms with Crippen LogP contribution in [-0.4, -0.2) is 59.0 Å². The normalized spacial score (nSPS) is 12.8. The molecule has 21 heavy (non-hydrogen) atoms. The lowest BCUT2D eigenvalue weighted by Gasteiger charge is -2.23. The van der Waals surface area contributed by atoms with Gasteiger partial charge < -0.3 is 40.4 Å². The van der Waals surface area contributed by atoms with E-state index in [4.69, 9.17) is 40.4 Å². The van der Waals surface area contributed by atoms with Gasteiger partial charge in [-0.25, -0.2) is 4.57 Å². The maximum Gasteiger partial charge on any atom is 0.469 e. The Labute approximate surface area is 122 Å².